The minimum Gasteiger partial charge on any atom is -0.340 e. The normalized spacial score (nSPS) is 11.4. The van der Waals surface area contributed by atoms with Gasteiger partial charge in [-0.15, -0.1) is 0 Å². The molecular weight excluding hydrogens is 394 g/mol. The summed E-state index contributed by atoms with van der Waals surface area (Å²) in [5.41, 5.74) is 0.800. The van der Waals surface area contributed by atoms with Gasteiger partial charge < -0.3 is 10.6 Å². The average Bonchev–Trinajstić information content (AvgIpc) is 2.71. The van der Waals surface area contributed by atoms with E-state index < -0.39 is 22.8 Å². The summed E-state index contributed by atoms with van der Waals surface area (Å²) in [6.07, 6.45) is 2.26. The van der Waals surface area contributed by atoms with E-state index in [1.54, 1.807) is 24.3 Å². The predicted octanol–water partition coefficient (Wildman–Crippen LogP) is 3.29. The smallest absolute Gasteiger partial charge is 0.270 e. The Bertz CT molecular complexity index is 932. The van der Waals surface area contributed by atoms with E-state index in [9.17, 15) is 24.5 Å². The van der Waals surface area contributed by atoms with E-state index in [4.69, 9.17) is 0 Å². The van der Waals surface area contributed by atoms with Gasteiger partial charge in [0.2, 0.25) is 5.91 Å². The van der Waals surface area contributed by atoms with Crippen LogP contribution < -0.4 is 10.6 Å². The van der Waals surface area contributed by atoms with Crippen molar-refractivity contribution in [2.24, 2.45) is 0 Å². The zero-order valence-electron chi connectivity index (χ0n) is 16.0. The first kappa shape index (κ1) is 22.1. The number of hydrogen-bond acceptors (Lipinski definition) is 6. The number of benzene rings is 2. The molecule has 2 aromatic carbocycles. The van der Waals surface area contributed by atoms with E-state index in [2.05, 4.69) is 10.6 Å². The first-order chi connectivity index (χ1) is 13.8. The number of thioether (sulfide) groups is 1. The maximum absolute atomic E-state index is 12.7. The summed E-state index contributed by atoms with van der Waals surface area (Å²) in [6.45, 7) is 1.43. The lowest BCUT2D eigenvalue weighted by Gasteiger charge is -2.18. The van der Waals surface area contributed by atoms with Crippen molar-refractivity contribution in [1.82, 2.24) is 5.32 Å². The number of nitrogens with one attached hydrogen (secondary N) is 2. The quantitative estimate of drug-likeness (QED) is 0.369. The largest absolute Gasteiger partial charge is 0.340 e. The highest BCUT2D eigenvalue weighted by Crippen LogP contribution is 2.15. The van der Waals surface area contributed by atoms with Crippen molar-refractivity contribution in [2.75, 3.05) is 17.3 Å². The van der Waals surface area contributed by atoms with Crippen LogP contribution in [0.5, 0.6) is 0 Å². The van der Waals surface area contributed by atoms with Crippen LogP contribution in [0.2, 0.25) is 0 Å². The molecule has 9 heteroatoms. The number of ketones is 1. The number of nitro benzene ring substituents is 1. The number of amides is 2. The van der Waals surface area contributed by atoms with Gasteiger partial charge in [-0.25, -0.2) is 0 Å². The molecule has 29 heavy (non-hydrogen) atoms. The highest BCUT2D eigenvalue weighted by atomic mass is 32.2. The lowest BCUT2D eigenvalue weighted by Crippen LogP contribution is -2.44. The minimum atomic E-state index is -0.838. The Kier molecular flexibility index (Phi) is 7.90. The van der Waals surface area contributed by atoms with Crippen molar-refractivity contribution in [3.8, 4) is 0 Å². The molecule has 1 atom stereocenters. The standard InChI is InChI=1S/C20H21N3O5S/c1-13(24)14-5-3-7-16(11-14)21-20(26)18(9-10-29-2)22-19(25)15-6-4-8-17(12-15)23(27)28/h3-8,11-12,18H,9-10H2,1-2H3,(H,21,26)(H,22,25)/t18-/m1/s1. The third kappa shape index (κ3) is 6.42. The van der Waals surface area contributed by atoms with Crippen LogP contribution >= 0.6 is 11.8 Å². The average molecular weight is 415 g/mol. The number of rotatable bonds is 9. The predicted molar refractivity (Wildman–Crippen MR) is 112 cm³/mol. The van der Waals surface area contributed by atoms with E-state index in [1.807, 2.05) is 6.26 Å². The molecule has 0 aliphatic rings. The van der Waals surface area contributed by atoms with Gasteiger partial charge in [0.15, 0.2) is 5.78 Å². The molecule has 0 spiro atoms. The molecule has 0 aromatic heterocycles. The lowest BCUT2D eigenvalue weighted by atomic mass is 10.1. The molecule has 0 heterocycles. The van der Waals surface area contributed by atoms with Crippen LogP contribution in [0.1, 0.15) is 34.1 Å². The van der Waals surface area contributed by atoms with E-state index in [0.717, 1.165) is 6.07 Å². The molecule has 2 N–H and O–H groups in total. The second-order valence-electron chi connectivity index (χ2n) is 6.24. The monoisotopic (exact) mass is 415 g/mol. The summed E-state index contributed by atoms with van der Waals surface area (Å²) in [7, 11) is 0. The highest BCUT2D eigenvalue weighted by Gasteiger charge is 2.22. The van der Waals surface area contributed by atoms with Crippen molar-refractivity contribution in [3.63, 3.8) is 0 Å². The SMILES string of the molecule is CSCC[C@@H](NC(=O)c1cccc([N+](=O)[O-])c1)C(=O)Nc1cccc(C(C)=O)c1. The molecule has 8 nitrogen and oxygen atoms in total. The number of carbonyl (C=O) groups excluding carboxylic acids is 3. The number of Topliss-reactive ketones (excluding diaryl/α,β-unsaturated/α-hetero) is 1. The number of nitrogens with zero attached hydrogens (tertiary/aromatic N) is 1. The zero-order valence-corrected chi connectivity index (χ0v) is 16.8. The number of carbonyl (C=O) groups is 3. The van der Waals surface area contributed by atoms with Crippen molar-refractivity contribution in [1.29, 1.82) is 0 Å². The molecule has 2 aromatic rings. The van der Waals surface area contributed by atoms with Crippen LogP contribution in [0.15, 0.2) is 48.5 Å². The van der Waals surface area contributed by atoms with Gasteiger partial charge in [-0.2, -0.15) is 11.8 Å². The Morgan fingerprint density at radius 2 is 1.79 bits per heavy atom. The van der Waals surface area contributed by atoms with Gasteiger partial charge in [0, 0.05) is 28.9 Å². The van der Waals surface area contributed by atoms with Crippen LogP contribution in [-0.2, 0) is 4.79 Å². The van der Waals surface area contributed by atoms with Gasteiger partial charge in [0.1, 0.15) is 6.04 Å². The Morgan fingerprint density at radius 1 is 1.10 bits per heavy atom. The summed E-state index contributed by atoms with van der Waals surface area (Å²) in [5.74, 6) is -0.508. The Labute approximate surface area is 172 Å². The van der Waals surface area contributed by atoms with Gasteiger partial charge in [-0.1, -0.05) is 18.2 Å². The Balaban J connectivity index is 2.15. The van der Waals surface area contributed by atoms with Gasteiger partial charge in [-0.3, -0.25) is 24.5 Å². The first-order valence-electron chi connectivity index (χ1n) is 8.78. The second-order valence-corrected chi connectivity index (χ2v) is 7.23. The molecule has 0 fully saturated rings. The van der Waals surface area contributed by atoms with E-state index >= 15 is 0 Å². The van der Waals surface area contributed by atoms with E-state index in [1.165, 1.54) is 36.9 Å². The van der Waals surface area contributed by atoms with E-state index in [-0.39, 0.29) is 17.0 Å². The van der Waals surface area contributed by atoms with Crippen LogP contribution in [0.3, 0.4) is 0 Å². The van der Waals surface area contributed by atoms with Crippen molar-refractivity contribution in [3.05, 3.63) is 69.8 Å². The molecule has 0 bridgehead atoms. The third-order valence-electron chi connectivity index (χ3n) is 4.09. The molecule has 0 saturated carbocycles. The molecule has 2 amide bonds. The van der Waals surface area contributed by atoms with Gasteiger partial charge in [0.25, 0.3) is 11.6 Å². The van der Waals surface area contributed by atoms with Crippen molar-refractivity contribution < 1.29 is 19.3 Å². The zero-order chi connectivity index (χ0) is 21.4. The number of anilines is 1. The number of hydrogen-bond donors (Lipinski definition) is 2. The van der Waals surface area contributed by atoms with Gasteiger partial charge in [-0.05, 0) is 43.6 Å². The van der Waals surface area contributed by atoms with Crippen molar-refractivity contribution in [2.45, 2.75) is 19.4 Å². The Hall–Kier alpha value is -3.20. The van der Waals surface area contributed by atoms with Crippen LogP contribution in [0.25, 0.3) is 0 Å². The number of nitro groups is 1. The lowest BCUT2D eigenvalue weighted by molar-refractivity contribution is -0.384. The summed E-state index contributed by atoms with van der Waals surface area (Å²) in [6, 6.07) is 11.0. The maximum Gasteiger partial charge on any atom is 0.270 e. The Morgan fingerprint density at radius 3 is 2.45 bits per heavy atom. The summed E-state index contributed by atoms with van der Waals surface area (Å²) < 4.78 is 0. The molecule has 2 rings (SSSR count). The molecule has 0 radical (unpaired) electrons. The summed E-state index contributed by atoms with van der Waals surface area (Å²) in [5, 5.41) is 16.3. The second kappa shape index (κ2) is 10.4. The summed E-state index contributed by atoms with van der Waals surface area (Å²) in [4.78, 5) is 47.1. The number of non-ortho nitro benzene ring substituents is 1. The first-order valence-corrected chi connectivity index (χ1v) is 10.2. The third-order valence-corrected chi connectivity index (χ3v) is 4.73. The fourth-order valence-corrected chi connectivity index (χ4v) is 3.02. The fourth-order valence-electron chi connectivity index (χ4n) is 2.55. The topological polar surface area (TPSA) is 118 Å². The van der Waals surface area contributed by atoms with Crippen molar-refractivity contribution >= 4 is 40.7 Å². The van der Waals surface area contributed by atoms with Crippen LogP contribution in [-0.4, -0.2) is 40.6 Å². The maximum atomic E-state index is 12.7. The fraction of sp³-hybridized carbons (Fsp3) is 0.250. The summed E-state index contributed by atoms with van der Waals surface area (Å²) >= 11 is 1.52. The minimum absolute atomic E-state index is 0.0970. The molecule has 0 aliphatic carbocycles. The molecule has 0 unspecified atom stereocenters. The molecule has 152 valence electrons. The van der Waals surface area contributed by atoms with Crippen LogP contribution in [0, 0.1) is 10.1 Å². The van der Waals surface area contributed by atoms with Gasteiger partial charge >= 0.3 is 0 Å². The van der Waals surface area contributed by atoms with Crippen LogP contribution in [0.4, 0.5) is 11.4 Å². The molecule has 0 saturated heterocycles. The van der Waals surface area contributed by atoms with E-state index in [0.29, 0.717) is 23.4 Å². The highest BCUT2D eigenvalue weighted by molar-refractivity contribution is 7.98. The molecule has 0 aliphatic heterocycles. The van der Waals surface area contributed by atoms with Gasteiger partial charge in [0.05, 0.1) is 4.92 Å². The molecular formula is C20H21N3O5S.